The van der Waals surface area contributed by atoms with Crippen LogP contribution >= 0.6 is 44.8 Å². The van der Waals surface area contributed by atoms with E-state index < -0.39 is 0 Å². The van der Waals surface area contributed by atoms with Crippen LogP contribution in [-0.2, 0) is 0 Å². The molecule has 40 valence electrons. The molecule has 1 aliphatic rings. The molecule has 4 heteroatoms. The van der Waals surface area contributed by atoms with Crippen LogP contribution in [0.3, 0.4) is 0 Å². The second-order valence-corrected chi connectivity index (χ2v) is 4.39. The molecule has 0 aromatic carbocycles. The van der Waals surface area contributed by atoms with Crippen LogP contribution in [0, 0.1) is 0 Å². The minimum atomic E-state index is 0.742. The lowest BCUT2D eigenvalue weighted by molar-refractivity contribution is 1.74. The van der Waals surface area contributed by atoms with Crippen LogP contribution in [0.4, 0.5) is 0 Å². The van der Waals surface area contributed by atoms with Gasteiger partial charge in [0.15, 0.2) is 0 Å². The predicted octanol–water partition coefficient (Wildman–Crippen LogP) is 3.03. The number of rotatable bonds is 0. The van der Waals surface area contributed by atoms with Gasteiger partial charge in [-0.3, -0.25) is 0 Å². The van der Waals surface area contributed by atoms with Crippen molar-refractivity contribution in [2.75, 3.05) is 5.75 Å². The predicted molar refractivity (Wildman–Crippen MR) is 38.8 cm³/mol. The van der Waals surface area contributed by atoms with Crippen LogP contribution in [0.2, 0.25) is 0 Å². The third kappa shape index (κ3) is 1.46. The van der Waals surface area contributed by atoms with E-state index in [9.17, 15) is 0 Å². The van der Waals surface area contributed by atoms with Crippen molar-refractivity contribution < 1.29 is 0 Å². The van der Waals surface area contributed by atoms with Crippen molar-refractivity contribution in [2.45, 2.75) is 0 Å². The number of halogens is 2. The molecule has 0 saturated heterocycles. The van der Waals surface area contributed by atoms with E-state index in [1.807, 2.05) is 0 Å². The quantitative estimate of drug-likeness (QED) is 0.516. The largest absolute Gasteiger partial charge is 0.0995 e. The van der Waals surface area contributed by atoms with Gasteiger partial charge in [-0.15, -0.1) is 0 Å². The molecule has 1 rings (SSSR count). The first-order valence-corrected chi connectivity index (χ1v) is 4.72. The molecule has 0 unspecified atom stereocenters. The highest BCUT2D eigenvalue weighted by Gasteiger charge is 2.10. The lowest BCUT2D eigenvalue weighted by Gasteiger charge is -1.78. The van der Waals surface area contributed by atoms with Crippen LogP contribution in [0.5, 0.6) is 0 Å². The summed E-state index contributed by atoms with van der Waals surface area (Å²) >= 11 is 11.1. The standard InChI is InChI=1S/C3H2Cl2S2/c4-2-1-6-7-3(2)5/h1H2. The Morgan fingerprint density at radius 3 is 2.29 bits per heavy atom. The van der Waals surface area contributed by atoms with Crippen LogP contribution in [-0.4, -0.2) is 5.75 Å². The molecule has 1 heterocycles. The topological polar surface area (TPSA) is 0 Å². The summed E-state index contributed by atoms with van der Waals surface area (Å²) in [6, 6.07) is 0. The highest BCUT2D eigenvalue weighted by atomic mass is 35.5. The highest BCUT2D eigenvalue weighted by Crippen LogP contribution is 2.44. The minimum Gasteiger partial charge on any atom is -0.0860 e. The summed E-state index contributed by atoms with van der Waals surface area (Å²) in [7, 11) is 3.20. The van der Waals surface area contributed by atoms with Gasteiger partial charge in [-0.1, -0.05) is 34.0 Å². The maximum atomic E-state index is 5.57. The molecule has 0 fully saturated rings. The van der Waals surface area contributed by atoms with Crippen molar-refractivity contribution in [3.05, 3.63) is 9.40 Å². The number of hydrogen-bond donors (Lipinski definition) is 0. The van der Waals surface area contributed by atoms with Gasteiger partial charge in [0.25, 0.3) is 0 Å². The van der Waals surface area contributed by atoms with Crippen molar-refractivity contribution in [1.29, 1.82) is 0 Å². The van der Waals surface area contributed by atoms with Gasteiger partial charge in [-0.05, 0) is 10.8 Å². The van der Waals surface area contributed by atoms with E-state index >= 15 is 0 Å². The molecule has 0 nitrogen and oxygen atoms in total. The Bertz CT molecular complexity index is 97.5. The lowest BCUT2D eigenvalue weighted by Crippen LogP contribution is -1.64. The molecule has 0 amide bonds. The zero-order valence-electron chi connectivity index (χ0n) is 3.28. The van der Waals surface area contributed by atoms with Crippen LogP contribution in [0.1, 0.15) is 0 Å². The van der Waals surface area contributed by atoms with E-state index in [0.29, 0.717) is 0 Å². The van der Waals surface area contributed by atoms with E-state index in [1.54, 1.807) is 10.8 Å². The fourth-order valence-corrected chi connectivity index (χ4v) is 3.20. The van der Waals surface area contributed by atoms with Gasteiger partial charge in [0.1, 0.15) is 0 Å². The maximum absolute atomic E-state index is 5.57. The fourth-order valence-electron chi connectivity index (χ4n) is 0.235. The molecule has 0 radical (unpaired) electrons. The van der Waals surface area contributed by atoms with Crippen molar-refractivity contribution >= 4 is 44.8 Å². The Labute approximate surface area is 60.0 Å². The first-order chi connectivity index (χ1) is 3.30. The Morgan fingerprint density at radius 1 is 1.43 bits per heavy atom. The van der Waals surface area contributed by atoms with Crippen molar-refractivity contribution in [1.82, 2.24) is 0 Å². The van der Waals surface area contributed by atoms with Gasteiger partial charge in [-0.2, -0.15) is 0 Å². The zero-order valence-corrected chi connectivity index (χ0v) is 6.42. The van der Waals surface area contributed by atoms with Crippen LogP contribution in [0.15, 0.2) is 9.40 Å². The van der Waals surface area contributed by atoms with Gasteiger partial charge in [-0.25, -0.2) is 0 Å². The number of hydrogen-bond acceptors (Lipinski definition) is 2. The summed E-state index contributed by atoms with van der Waals surface area (Å²) in [5, 5.41) is 0.789. The third-order valence-corrected chi connectivity index (χ3v) is 4.08. The zero-order chi connectivity index (χ0) is 5.28. The summed E-state index contributed by atoms with van der Waals surface area (Å²) in [6.07, 6.45) is 0. The monoisotopic (exact) mass is 172 g/mol. The smallest absolute Gasteiger partial charge is 0.0860 e. The second kappa shape index (κ2) is 2.53. The SMILES string of the molecule is ClC1=C(Cl)SSC1. The van der Waals surface area contributed by atoms with Crippen LogP contribution < -0.4 is 0 Å². The summed E-state index contributed by atoms with van der Waals surface area (Å²) < 4.78 is 0.742. The summed E-state index contributed by atoms with van der Waals surface area (Å²) in [6.45, 7) is 0. The Balaban J connectivity index is 2.64. The normalized spacial score (nSPS) is 21.4. The lowest BCUT2D eigenvalue weighted by atomic mass is 10.7. The average molecular weight is 173 g/mol. The maximum Gasteiger partial charge on any atom is 0.0995 e. The van der Waals surface area contributed by atoms with Gasteiger partial charge in [0.05, 0.1) is 9.40 Å². The van der Waals surface area contributed by atoms with E-state index in [0.717, 1.165) is 15.1 Å². The molecular weight excluding hydrogens is 171 g/mol. The van der Waals surface area contributed by atoms with Gasteiger partial charge >= 0.3 is 0 Å². The molecule has 0 aromatic rings. The fraction of sp³-hybridized carbons (Fsp3) is 0.333. The Morgan fingerprint density at radius 2 is 2.14 bits per heavy atom. The molecule has 0 aliphatic carbocycles. The van der Waals surface area contributed by atoms with Crippen molar-refractivity contribution in [3.8, 4) is 0 Å². The van der Waals surface area contributed by atoms with Gasteiger partial charge < -0.3 is 0 Å². The summed E-state index contributed by atoms with van der Waals surface area (Å²) in [4.78, 5) is 0. The molecule has 0 N–H and O–H groups in total. The van der Waals surface area contributed by atoms with E-state index in [2.05, 4.69) is 0 Å². The molecule has 7 heavy (non-hydrogen) atoms. The molecular formula is C3H2Cl2S2. The van der Waals surface area contributed by atoms with Gasteiger partial charge in [0, 0.05) is 5.75 Å². The van der Waals surface area contributed by atoms with E-state index in [-0.39, 0.29) is 0 Å². The third-order valence-electron chi connectivity index (χ3n) is 0.531. The van der Waals surface area contributed by atoms with E-state index in [1.165, 1.54) is 10.8 Å². The van der Waals surface area contributed by atoms with Crippen LogP contribution in [0.25, 0.3) is 0 Å². The van der Waals surface area contributed by atoms with E-state index in [4.69, 9.17) is 23.2 Å². The van der Waals surface area contributed by atoms with Crippen molar-refractivity contribution in [2.24, 2.45) is 0 Å². The van der Waals surface area contributed by atoms with Crippen molar-refractivity contribution in [3.63, 3.8) is 0 Å². The first-order valence-electron chi connectivity index (χ1n) is 1.64. The Kier molecular flexibility index (Phi) is 2.22. The molecule has 0 spiro atoms. The minimum absolute atomic E-state index is 0.742. The summed E-state index contributed by atoms with van der Waals surface area (Å²) in [5.74, 6) is 0.866. The average Bonchev–Trinajstić information content (AvgIpc) is 1.91. The van der Waals surface area contributed by atoms with Gasteiger partial charge in [0.2, 0.25) is 0 Å². The molecule has 1 aliphatic heterocycles. The Hall–Kier alpha value is 1.02. The second-order valence-electron chi connectivity index (χ2n) is 1.02. The highest BCUT2D eigenvalue weighted by molar-refractivity contribution is 8.79. The molecule has 0 atom stereocenters. The molecule has 0 bridgehead atoms. The molecule has 0 saturated carbocycles. The molecule has 0 aromatic heterocycles. The first kappa shape index (κ1) is 6.14. The summed E-state index contributed by atoms with van der Waals surface area (Å²) in [5.41, 5.74) is 0.